The van der Waals surface area contributed by atoms with Gasteiger partial charge in [-0.15, -0.1) is 11.3 Å². The number of carbonyl (C=O) groups excluding carboxylic acids is 2. The van der Waals surface area contributed by atoms with E-state index in [4.69, 9.17) is 4.74 Å². The van der Waals surface area contributed by atoms with E-state index in [2.05, 4.69) is 59.5 Å². The number of nitrogens with one attached hydrogen (secondary N) is 2. The molecular weight excluding hydrogens is 474 g/mol. The predicted molar refractivity (Wildman–Crippen MR) is 143 cm³/mol. The lowest BCUT2D eigenvalue weighted by Gasteiger charge is -2.47. The first-order valence-electron chi connectivity index (χ1n) is 12.4. The average molecular weight is 508 g/mol. The SMILES string of the molecule is CC(C)(C)n1ccc(C(=O)NCC(=O)Nc2nc(-c3cccc(N4CCC5(CC4)COC5)c3)cs2)c1. The quantitative estimate of drug-likeness (QED) is 0.518. The van der Waals surface area contributed by atoms with Crippen molar-refractivity contribution < 1.29 is 14.3 Å². The molecule has 2 aliphatic heterocycles. The summed E-state index contributed by atoms with van der Waals surface area (Å²) >= 11 is 1.37. The van der Waals surface area contributed by atoms with E-state index in [-0.39, 0.29) is 23.9 Å². The van der Waals surface area contributed by atoms with E-state index in [9.17, 15) is 9.59 Å². The molecule has 0 atom stereocenters. The number of amides is 2. The minimum absolute atomic E-state index is 0.111. The van der Waals surface area contributed by atoms with Gasteiger partial charge in [0.1, 0.15) is 0 Å². The zero-order valence-corrected chi connectivity index (χ0v) is 21.9. The van der Waals surface area contributed by atoms with Crippen molar-refractivity contribution in [2.24, 2.45) is 5.41 Å². The van der Waals surface area contributed by atoms with Gasteiger partial charge in [0.05, 0.1) is 31.0 Å². The summed E-state index contributed by atoms with van der Waals surface area (Å²) in [6.45, 7) is 9.96. The Morgan fingerprint density at radius 3 is 2.61 bits per heavy atom. The van der Waals surface area contributed by atoms with Gasteiger partial charge >= 0.3 is 0 Å². The summed E-state index contributed by atoms with van der Waals surface area (Å²) in [4.78, 5) is 31.9. The molecule has 2 aliphatic rings. The van der Waals surface area contributed by atoms with Crippen molar-refractivity contribution in [1.29, 1.82) is 0 Å². The molecule has 0 unspecified atom stereocenters. The maximum Gasteiger partial charge on any atom is 0.253 e. The lowest BCUT2D eigenvalue weighted by Crippen LogP contribution is -2.50. The lowest BCUT2D eigenvalue weighted by molar-refractivity contribution is -0.124. The highest BCUT2D eigenvalue weighted by molar-refractivity contribution is 7.14. The van der Waals surface area contributed by atoms with Crippen molar-refractivity contribution in [2.75, 3.05) is 43.1 Å². The largest absolute Gasteiger partial charge is 0.380 e. The minimum Gasteiger partial charge on any atom is -0.380 e. The molecule has 2 N–H and O–H groups in total. The Labute approximate surface area is 215 Å². The summed E-state index contributed by atoms with van der Waals surface area (Å²) in [6, 6.07) is 10.2. The lowest BCUT2D eigenvalue weighted by atomic mass is 9.77. The second kappa shape index (κ2) is 9.71. The molecule has 36 heavy (non-hydrogen) atoms. The molecule has 8 nitrogen and oxygen atoms in total. The Morgan fingerprint density at radius 2 is 1.94 bits per heavy atom. The van der Waals surface area contributed by atoms with Gasteiger partial charge in [0.2, 0.25) is 5.91 Å². The molecule has 2 fully saturated rings. The van der Waals surface area contributed by atoms with Crippen molar-refractivity contribution in [3.8, 4) is 11.3 Å². The van der Waals surface area contributed by atoms with E-state index in [1.807, 2.05) is 22.2 Å². The number of rotatable bonds is 6. The van der Waals surface area contributed by atoms with Crippen molar-refractivity contribution in [3.63, 3.8) is 0 Å². The fraction of sp³-hybridized carbons (Fsp3) is 0.444. The van der Waals surface area contributed by atoms with Gasteiger partial charge in [-0.3, -0.25) is 9.59 Å². The second-order valence-corrected chi connectivity index (χ2v) is 11.6. The van der Waals surface area contributed by atoms with Crippen LogP contribution in [0.2, 0.25) is 0 Å². The van der Waals surface area contributed by atoms with E-state index in [0.29, 0.717) is 16.1 Å². The van der Waals surface area contributed by atoms with Crippen LogP contribution in [-0.4, -0.2) is 54.2 Å². The standard InChI is InChI=1S/C27H33N5O3S/c1-26(2,3)32-10-7-20(15-32)24(34)28-14-23(33)30-25-29-22(16-36-25)19-5-4-6-21(13-19)31-11-8-27(9-12-31)17-35-18-27/h4-7,10,13,15-16H,8-9,11-12,14,17-18H2,1-3H3,(H,28,34)(H,29,30,33). The second-order valence-electron chi connectivity index (χ2n) is 10.8. The van der Waals surface area contributed by atoms with Crippen LogP contribution in [0, 0.1) is 5.41 Å². The number of carbonyl (C=O) groups is 2. The zero-order chi connectivity index (χ0) is 25.3. The number of aromatic nitrogens is 2. The number of ether oxygens (including phenoxy) is 1. The Hall–Kier alpha value is -3.17. The monoisotopic (exact) mass is 507 g/mol. The molecule has 2 amide bonds. The zero-order valence-electron chi connectivity index (χ0n) is 21.0. The summed E-state index contributed by atoms with van der Waals surface area (Å²) < 4.78 is 7.42. The summed E-state index contributed by atoms with van der Waals surface area (Å²) in [5, 5.41) is 7.93. The smallest absolute Gasteiger partial charge is 0.253 e. The number of anilines is 2. The molecule has 3 aromatic rings. The Bertz CT molecular complexity index is 1240. The van der Waals surface area contributed by atoms with Gasteiger partial charge in [-0.1, -0.05) is 12.1 Å². The highest BCUT2D eigenvalue weighted by Crippen LogP contribution is 2.40. The fourth-order valence-electron chi connectivity index (χ4n) is 4.62. The van der Waals surface area contributed by atoms with Crippen molar-refractivity contribution in [1.82, 2.24) is 14.9 Å². The van der Waals surface area contributed by atoms with Crippen LogP contribution in [0.4, 0.5) is 10.8 Å². The van der Waals surface area contributed by atoms with Gasteiger partial charge in [-0.05, 0) is 51.8 Å². The molecule has 5 rings (SSSR count). The number of piperidine rings is 1. The third kappa shape index (κ3) is 5.32. The molecule has 0 aliphatic carbocycles. The molecule has 0 radical (unpaired) electrons. The Kier molecular flexibility index (Phi) is 6.61. The maximum atomic E-state index is 12.4. The number of nitrogens with zero attached hydrogens (tertiary/aromatic N) is 3. The molecule has 2 saturated heterocycles. The van der Waals surface area contributed by atoms with E-state index in [1.165, 1.54) is 29.9 Å². The topological polar surface area (TPSA) is 88.5 Å². The highest BCUT2D eigenvalue weighted by Gasteiger charge is 2.41. The normalized spacial score (nSPS) is 17.0. The molecule has 190 valence electrons. The van der Waals surface area contributed by atoms with Crippen LogP contribution in [0.1, 0.15) is 44.0 Å². The highest BCUT2D eigenvalue weighted by atomic mass is 32.1. The fourth-order valence-corrected chi connectivity index (χ4v) is 5.35. The van der Waals surface area contributed by atoms with Gasteiger partial charge in [-0.25, -0.2) is 4.98 Å². The third-order valence-corrected chi connectivity index (χ3v) is 7.80. The number of thiazole rings is 1. The molecule has 1 aromatic carbocycles. The van der Waals surface area contributed by atoms with Gasteiger partial charge in [0.25, 0.3) is 5.91 Å². The van der Waals surface area contributed by atoms with E-state index in [1.54, 1.807) is 12.3 Å². The number of hydrogen-bond acceptors (Lipinski definition) is 6. The summed E-state index contributed by atoms with van der Waals surface area (Å²) in [6.07, 6.45) is 6.00. The number of hydrogen-bond donors (Lipinski definition) is 2. The Morgan fingerprint density at radius 1 is 1.17 bits per heavy atom. The number of benzene rings is 1. The Balaban J connectivity index is 1.15. The summed E-state index contributed by atoms with van der Waals surface area (Å²) in [7, 11) is 0. The van der Waals surface area contributed by atoms with Crippen molar-refractivity contribution >= 4 is 34.0 Å². The summed E-state index contributed by atoms with van der Waals surface area (Å²) in [5.41, 5.74) is 3.87. The third-order valence-electron chi connectivity index (χ3n) is 7.04. The van der Waals surface area contributed by atoms with Gasteiger partial charge < -0.3 is 24.8 Å². The van der Waals surface area contributed by atoms with Crippen LogP contribution >= 0.6 is 11.3 Å². The van der Waals surface area contributed by atoms with Gasteiger partial charge in [0, 0.05) is 53.1 Å². The van der Waals surface area contributed by atoms with E-state index in [0.717, 1.165) is 37.6 Å². The van der Waals surface area contributed by atoms with Crippen molar-refractivity contribution in [2.45, 2.75) is 39.2 Å². The van der Waals surface area contributed by atoms with Crippen LogP contribution in [0.5, 0.6) is 0 Å². The summed E-state index contributed by atoms with van der Waals surface area (Å²) in [5.74, 6) is -0.589. The molecule has 1 spiro atoms. The molecule has 0 bridgehead atoms. The van der Waals surface area contributed by atoms with Crippen LogP contribution in [0.15, 0.2) is 48.1 Å². The maximum absolute atomic E-state index is 12.4. The first-order chi connectivity index (χ1) is 17.2. The predicted octanol–water partition coefficient (Wildman–Crippen LogP) is 4.35. The van der Waals surface area contributed by atoms with E-state index < -0.39 is 0 Å². The molecule has 4 heterocycles. The van der Waals surface area contributed by atoms with E-state index >= 15 is 0 Å². The molecule has 0 saturated carbocycles. The molecule has 2 aromatic heterocycles. The molecular formula is C27H33N5O3S. The van der Waals surface area contributed by atoms with Crippen LogP contribution < -0.4 is 15.5 Å². The first kappa shape index (κ1) is 24.5. The van der Waals surface area contributed by atoms with Crippen LogP contribution in [0.3, 0.4) is 0 Å². The van der Waals surface area contributed by atoms with Crippen molar-refractivity contribution in [3.05, 3.63) is 53.7 Å². The minimum atomic E-state index is -0.310. The van der Waals surface area contributed by atoms with Crippen LogP contribution in [0.25, 0.3) is 11.3 Å². The molecule has 9 heteroatoms. The van der Waals surface area contributed by atoms with Crippen LogP contribution in [-0.2, 0) is 15.1 Å². The van der Waals surface area contributed by atoms with Gasteiger partial charge in [-0.2, -0.15) is 0 Å². The average Bonchev–Trinajstić information content (AvgIpc) is 3.52. The van der Waals surface area contributed by atoms with Gasteiger partial charge in [0.15, 0.2) is 5.13 Å². The first-order valence-corrected chi connectivity index (χ1v) is 13.2.